The average molecular weight is 277 g/mol. The Morgan fingerprint density at radius 1 is 1.26 bits per heavy atom. The Morgan fingerprint density at radius 3 is 2.63 bits per heavy atom. The predicted molar refractivity (Wildman–Crippen MR) is 74.3 cm³/mol. The summed E-state index contributed by atoms with van der Waals surface area (Å²) in [6, 6.07) is 7.63. The normalized spacial score (nSPS) is 34.4. The number of Topliss-reactive ketones (excluding diaryl/α,β-unsaturated/α-hetero) is 2. The summed E-state index contributed by atoms with van der Waals surface area (Å²) < 4.78 is 0. The van der Waals surface area contributed by atoms with Crippen molar-refractivity contribution in [3.8, 4) is 0 Å². The zero-order chi connectivity index (χ0) is 13.6. The van der Waals surface area contributed by atoms with Crippen LogP contribution in [-0.4, -0.2) is 11.6 Å². The Bertz CT molecular complexity index is 551. The van der Waals surface area contributed by atoms with E-state index >= 15 is 0 Å². The van der Waals surface area contributed by atoms with E-state index in [4.69, 9.17) is 11.6 Å². The van der Waals surface area contributed by atoms with Gasteiger partial charge in [0.1, 0.15) is 11.6 Å². The van der Waals surface area contributed by atoms with Gasteiger partial charge in [-0.2, -0.15) is 0 Å². The molecule has 2 saturated carbocycles. The molecule has 2 aliphatic carbocycles. The highest BCUT2D eigenvalue weighted by Gasteiger charge is 2.59. The molecule has 0 unspecified atom stereocenters. The lowest BCUT2D eigenvalue weighted by atomic mass is 9.72. The van der Waals surface area contributed by atoms with Gasteiger partial charge >= 0.3 is 0 Å². The van der Waals surface area contributed by atoms with E-state index < -0.39 is 5.41 Å². The predicted octanol–water partition coefficient (Wildman–Crippen LogP) is 3.77. The number of benzene rings is 1. The second-order valence-corrected chi connectivity index (χ2v) is 6.23. The van der Waals surface area contributed by atoms with Crippen molar-refractivity contribution < 1.29 is 9.59 Å². The van der Waals surface area contributed by atoms with E-state index in [0.29, 0.717) is 17.9 Å². The molecule has 0 radical (unpaired) electrons. The molecule has 0 saturated heterocycles. The highest BCUT2D eigenvalue weighted by molar-refractivity contribution is 6.31. The summed E-state index contributed by atoms with van der Waals surface area (Å²) in [5.74, 6) is 0.203. The average Bonchev–Trinajstić information content (AvgIpc) is 2.88. The molecule has 0 N–H and O–H groups in total. The molecule has 100 valence electrons. The standard InChI is InChI=1S/C16H17ClO2/c1-10-9-12(11-5-2-3-6-13(11)17)16(15(10)19)8-4-7-14(16)18/h2-3,5-6,10,12H,4,7-9H2,1H3/t10-,12-,16-/m1/s1. The van der Waals surface area contributed by atoms with Crippen LogP contribution in [-0.2, 0) is 9.59 Å². The maximum absolute atomic E-state index is 12.6. The first kappa shape index (κ1) is 12.9. The van der Waals surface area contributed by atoms with Crippen molar-refractivity contribution in [2.45, 2.75) is 38.5 Å². The van der Waals surface area contributed by atoms with Gasteiger partial charge in [0.25, 0.3) is 0 Å². The van der Waals surface area contributed by atoms with E-state index in [1.165, 1.54) is 0 Å². The number of carbonyl (C=O) groups excluding carboxylic acids is 2. The Balaban J connectivity index is 2.13. The highest BCUT2D eigenvalue weighted by Crippen LogP contribution is 2.57. The third-order valence-corrected chi connectivity index (χ3v) is 5.17. The molecule has 0 amide bonds. The molecule has 2 nitrogen and oxygen atoms in total. The number of hydrogen-bond donors (Lipinski definition) is 0. The minimum absolute atomic E-state index is 0.0290. The molecule has 2 fully saturated rings. The topological polar surface area (TPSA) is 34.1 Å². The molecule has 0 bridgehead atoms. The molecule has 3 atom stereocenters. The maximum atomic E-state index is 12.6. The molecule has 0 heterocycles. The van der Waals surface area contributed by atoms with Gasteiger partial charge in [-0.3, -0.25) is 9.59 Å². The zero-order valence-corrected chi connectivity index (χ0v) is 11.7. The van der Waals surface area contributed by atoms with Gasteiger partial charge in [0.15, 0.2) is 0 Å². The number of halogens is 1. The van der Waals surface area contributed by atoms with Crippen LogP contribution in [0.4, 0.5) is 0 Å². The van der Waals surface area contributed by atoms with Crippen LogP contribution in [0.5, 0.6) is 0 Å². The van der Waals surface area contributed by atoms with E-state index in [1.54, 1.807) is 0 Å². The van der Waals surface area contributed by atoms with Gasteiger partial charge in [-0.25, -0.2) is 0 Å². The molecule has 19 heavy (non-hydrogen) atoms. The quantitative estimate of drug-likeness (QED) is 0.732. The first-order valence-electron chi connectivity index (χ1n) is 6.89. The van der Waals surface area contributed by atoms with Crippen LogP contribution in [0.25, 0.3) is 0 Å². The number of hydrogen-bond acceptors (Lipinski definition) is 2. The first-order valence-corrected chi connectivity index (χ1v) is 7.27. The first-order chi connectivity index (χ1) is 9.07. The molecule has 3 heteroatoms. The summed E-state index contributed by atoms with van der Waals surface area (Å²) >= 11 is 6.29. The lowest BCUT2D eigenvalue weighted by Crippen LogP contribution is -2.36. The molecule has 2 aliphatic rings. The van der Waals surface area contributed by atoms with Gasteiger partial charge < -0.3 is 0 Å². The van der Waals surface area contributed by atoms with Crippen molar-refractivity contribution in [3.63, 3.8) is 0 Å². The minimum Gasteiger partial charge on any atom is -0.299 e. The number of carbonyl (C=O) groups is 2. The molecule has 0 aliphatic heterocycles. The smallest absolute Gasteiger partial charge is 0.149 e. The summed E-state index contributed by atoms with van der Waals surface area (Å²) in [5.41, 5.74) is 0.196. The van der Waals surface area contributed by atoms with E-state index in [0.717, 1.165) is 18.4 Å². The van der Waals surface area contributed by atoms with Gasteiger partial charge in [0.2, 0.25) is 0 Å². The van der Waals surface area contributed by atoms with E-state index in [2.05, 4.69) is 0 Å². The van der Waals surface area contributed by atoms with Crippen LogP contribution in [0.2, 0.25) is 5.02 Å². The second kappa shape index (κ2) is 4.45. The molecule has 1 spiro atoms. The van der Waals surface area contributed by atoms with Crippen molar-refractivity contribution in [2.24, 2.45) is 11.3 Å². The maximum Gasteiger partial charge on any atom is 0.149 e. The van der Waals surface area contributed by atoms with Gasteiger partial charge in [-0.15, -0.1) is 0 Å². The lowest BCUT2D eigenvalue weighted by molar-refractivity contribution is -0.138. The minimum atomic E-state index is -0.773. The largest absolute Gasteiger partial charge is 0.299 e. The molecule has 0 aromatic heterocycles. The molecule has 3 rings (SSSR count). The van der Waals surface area contributed by atoms with E-state index in [-0.39, 0.29) is 23.4 Å². The summed E-state index contributed by atoms with van der Waals surface area (Å²) in [4.78, 5) is 25.0. The summed E-state index contributed by atoms with van der Waals surface area (Å²) in [7, 11) is 0. The fourth-order valence-electron chi connectivity index (χ4n) is 3.94. The van der Waals surface area contributed by atoms with E-state index in [9.17, 15) is 9.59 Å². The molecular weight excluding hydrogens is 260 g/mol. The third kappa shape index (κ3) is 1.69. The van der Waals surface area contributed by atoms with Gasteiger partial charge in [0.05, 0.1) is 5.41 Å². The van der Waals surface area contributed by atoms with Gasteiger partial charge in [-0.1, -0.05) is 36.7 Å². The van der Waals surface area contributed by atoms with E-state index in [1.807, 2.05) is 31.2 Å². The molecule has 1 aromatic rings. The zero-order valence-electron chi connectivity index (χ0n) is 11.0. The van der Waals surface area contributed by atoms with Crippen molar-refractivity contribution in [1.82, 2.24) is 0 Å². The number of ketones is 2. The molecular formula is C16H17ClO2. The Kier molecular flexibility index (Phi) is 3.01. The fourth-order valence-corrected chi connectivity index (χ4v) is 4.21. The van der Waals surface area contributed by atoms with Crippen molar-refractivity contribution in [3.05, 3.63) is 34.9 Å². The fraction of sp³-hybridized carbons (Fsp3) is 0.500. The monoisotopic (exact) mass is 276 g/mol. The number of rotatable bonds is 1. The lowest BCUT2D eigenvalue weighted by Gasteiger charge is -2.28. The van der Waals surface area contributed by atoms with Gasteiger partial charge in [-0.05, 0) is 30.9 Å². The van der Waals surface area contributed by atoms with Crippen LogP contribution in [0.3, 0.4) is 0 Å². The van der Waals surface area contributed by atoms with Crippen molar-refractivity contribution in [1.29, 1.82) is 0 Å². The van der Waals surface area contributed by atoms with Crippen LogP contribution < -0.4 is 0 Å². The Hall–Kier alpha value is -1.15. The summed E-state index contributed by atoms with van der Waals surface area (Å²) in [5, 5.41) is 0.675. The van der Waals surface area contributed by atoms with Crippen molar-refractivity contribution >= 4 is 23.2 Å². The van der Waals surface area contributed by atoms with Crippen LogP contribution in [0.1, 0.15) is 44.1 Å². The summed E-state index contributed by atoms with van der Waals surface area (Å²) in [6.45, 7) is 1.94. The summed E-state index contributed by atoms with van der Waals surface area (Å²) in [6.07, 6.45) is 2.82. The van der Waals surface area contributed by atoms with Crippen LogP contribution >= 0.6 is 11.6 Å². The Morgan fingerprint density at radius 2 is 2.00 bits per heavy atom. The third-order valence-electron chi connectivity index (χ3n) is 4.82. The second-order valence-electron chi connectivity index (χ2n) is 5.82. The van der Waals surface area contributed by atoms with Crippen molar-refractivity contribution in [2.75, 3.05) is 0 Å². The Labute approximate surface area is 118 Å². The highest BCUT2D eigenvalue weighted by atomic mass is 35.5. The van der Waals surface area contributed by atoms with Gasteiger partial charge in [0, 0.05) is 23.3 Å². The SMILES string of the molecule is C[C@@H]1C[C@H](c2ccccc2Cl)[C@@]2(CCCC2=O)C1=O. The van der Waals surface area contributed by atoms with Crippen LogP contribution in [0, 0.1) is 11.3 Å². The van der Waals surface area contributed by atoms with Crippen LogP contribution in [0.15, 0.2) is 24.3 Å². The molecule has 1 aromatic carbocycles.